The van der Waals surface area contributed by atoms with Crippen LogP contribution in [-0.2, 0) is 0 Å². The zero-order chi connectivity index (χ0) is 110. The molecule has 4 aliphatic heterocycles. The number of hydrogen-bond donors (Lipinski definition) is 5. The molecule has 796 valence electrons. The Labute approximate surface area is 905 Å². The highest BCUT2D eigenvalue weighted by Crippen LogP contribution is 2.60. The van der Waals surface area contributed by atoms with Crippen molar-refractivity contribution in [1.82, 2.24) is 0 Å². The highest BCUT2D eigenvalue weighted by Gasteiger charge is 2.43. The number of benzene rings is 4. The number of ether oxygens (including phenoxy) is 8. The van der Waals surface area contributed by atoms with E-state index < -0.39 is 89.4 Å². The fourth-order valence-electron chi connectivity index (χ4n) is 17.4. The van der Waals surface area contributed by atoms with Crippen molar-refractivity contribution in [2.75, 3.05) is 33.8 Å². The van der Waals surface area contributed by atoms with E-state index >= 15 is 0 Å². The van der Waals surface area contributed by atoms with Crippen molar-refractivity contribution < 1.29 is 63.4 Å². The monoisotopic (exact) mass is 2130 g/mol. The number of rotatable bonds is 22. The van der Waals surface area contributed by atoms with Gasteiger partial charge in [-0.3, -0.25) is 0 Å². The summed E-state index contributed by atoms with van der Waals surface area (Å²) in [6.45, 7) is 74.7. The summed E-state index contributed by atoms with van der Waals surface area (Å²) in [4.78, 5) is 0.532. The predicted octanol–water partition coefficient (Wildman–Crippen LogP) is 31.5. The SMILES string of the molecule is CCCCCCC1c2cc3c4c(C#CC(=C=C(C#CC(C)(C)O)C(C)(C)C)C(C)(C)C)c2OCOc2c1cc1c(c2C#CC(=C=C(C#CC(C)(C)O)C(C)(C)C)C(C)(C)C)OCOc2c(cc5c(c2C#CC(=C=C(C#CC(C)(C)O)C(C)(C)C)C(C)(C)C)OCOc2c(cc(c(c2C#CC(=C=C(C#CC(C)(C)O)C(C)(C)C)C(C)(C)C)OCO4)C3CCCCCC)C5CCCCCC)C1CCCCCC.C[C@@H](Br)[C@@H](Br)CO. The first-order chi connectivity index (χ1) is 68.1. The lowest BCUT2D eigenvalue weighted by atomic mass is 9.74. The lowest BCUT2D eigenvalue weighted by Crippen LogP contribution is -2.25. The Morgan fingerprint density at radius 3 is 0.544 bits per heavy atom. The zero-order valence-corrected chi connectivity index (χ0v) is 99.9. The first-order valence-corrected chi connectivity index (χ1v) is 55.8. The van der Waals surface area contributed by atoms with Crippen LogP contribution in [0.5, 0.6) is 46.0 Å². The van der Waals surface area contributed by atoms with Crippen LogP contribution in [0.25, 0.3) is 0 Å². The van der Waals surface area contributed by atoms with Gasteiger partial charge in [0.25, 0.3) is 0 Å². The Morgan fingerprint density at radius 2 is 0.422 bits per heavy atom. The normalized spacial score (nSPS) is 15.9. The van der Waals surface area contributed by atoms with E-state index in [4.69, 9.17) is 43.0 Å². The number of aliphatic hydroxyl groups excluding tert-OH is 1. The van der Waals surface area contributed by atoms with Crippen LogP contribution in [0.1, 0.15) is 475 Å². The molecule has 0 spiro atoms. The van der Waals surface area contributed by atoms with Crippen molar-refractivity contribution in [3.63, 3.8) is 0 Å². The van der Waals surface area contributed by atoms with Gasteiger partial charge in [-0.15, -0.1) is 0 Å². The molecule has 13 nitrogen and oxygen atoms in total. The van der Waals surface area contributed by atoms with Gasteiger partial charge in [-0.05, 0) is 105 Å². The van der Waals surface area contributed by atoms with E-state index in [1.165, 1.54) is 0 Å². The fourth-order valence-corrected chi connectivity index (χ4v) is 17.6. The Hall–Kier alpha value is -9.40. The lowest BCUT2D eigenvalue weighted by molar-refractivity contribution is 0.0972. The molecule has 0 amide bonds. The molecule has 0 saturated carbocycles. The first kappa shape index (κ1) is 123. The highest BCUT2D eigenvalue weighted by atomic mass is 79.9. The third kappa shape index (κ3) is 35.3. The summed E-state index contributed by atoms with van der Waals surface area (Å²) >= 11 is 6.54. The Morgan fingerprint density at radius 1 is 0.265 bits per heavy atom. The van der Waals surface area contributed by atoms with Gasteiger partial charge in [-0.2, -0.15) is 0 Å². The summed E-state index contributed by atoms with van der Waals surface area (Å²) in [5.74, 6) is 59.0. The molecule has 5 aliphatic rings. The highest BCUT2D eigenvalue weighted by molar-refractivity contribution is 9.12. The van der Waals surface area contributed by atoms with Gasteiger partial charge < -0.3 is 63.4 Å². The second-order valence-electron chi connectivity index (χ2n) is 50.7. The van der Waals surface area contributed by atoms with Gasteiger partial charge in [0.05, 0.1) is 51.2 Å². The van der Waals surface area contributed by atoms with Crippen molar-refractivity contribution >= 4 is 31.9 Å². The molecule has 0 unspecified atom stereocenters. The van der Waals surface area contributed by atoms with Crippen LogP contribution in [0.15, 0.2) is 91.8 Å². The van der Waals surface area contributed by atoms with Crippen molar-refractivity contribution in [3.8, 4) is 141 Å². The Bertz CT molecular complexity index is 5380. The number of alkyl halides is 2. The molecule has 15 heteroatoms. The average molecular weight is 2130 g/mol. The molecule has 0 radical (unpaired) electrons. The van der Waals surface area contributed by atoms with Gasteiger partial charge >= 0.3 is 0 Å². The second-order valence-corrected chi connectivity index (χ2v) is 53.3. The van der Waals surface area contributed by atoms with E-state index in [2.05, 4.69) is 368 Å². The van der Waals surface area contributed by atoms with Crippen LogP contribution in [0, 0.1) is 138 Å². The minimum absolute atomic E-state index is 0.187. The van der Waals surface area contributed by atoms with Crippen LogP contribution < -0.4 is 37.9 Å². The minimum Gasteiger partial charge on any atom is -0.456 e. The average Bonchev–Trinajstić information content (AvgIpc) is 1.07. The molecule has 1 aliphatic carbocycles. The first-order valence-electron chi connectivity index (χ1n) is 54.0. The van der Waals surface area contributed by atoms with Crippen molar-refractivity contribution in [2.45, 2.75) is 440 Å². The summed E-state index contributed by atoms with van der Waals surface area (Å²) < 4.78 is 60.9. The molecule has 4 aromatic rings. The van der Waals surface area contributed by atoms with Gasteiger partial charge in [0, 0.05) is 121 Å². The number of unbranched alkanes of at least 4 members (excludes halogenated alkanes) is 12. The van der Waals surface area contributed by atoms with Crippen molar-refractivity contribution in [1.29, 1.82) is 0 Å². The Balaban J connectivity index is 0.00000363. The number of allylic oxidation sites excluding steroid dienone is 4. The van der Waals surface area contributed by atoms with Crippen LogP contribution in [0.4, 0.5) is 0 Å². The van der Waals surface area contributed by atoms with Gasteiger partial charge in [-0.25, -0.2) is 0 Å². The number of aliphatic hydroxyl groups is 5. The van der Waals surface area contributed by atoms with Gasteiger partial charge in [0.1, 0.15) is 90.7 Å². The summed E-state index contributed by atoms with van der Waals surface area (Å²) in [5.41, 5.74) is 20.4. The standard InChI is InChI=1S/C128H168O12.C4H8Br2O/c1-37-41-45-49-53-93-101-77-103-94(54-50-46-42-38-2)105-79-107-96(56-52-48-44-40-4)108-80-106-95(55-51-47-43-39-3)104-78-102(93)110-98(62-58-86(118(8,9)10)74-90(122(20,21)22)66-70-126(31,32)130)112(104)136-83-138-114(106)100(64-60-88(120(14,15)16)76-92(124(26,27)28)68-72-128(35,36)132)116(108)140-84-139-115(107)99(63-59-87(119(11,12)13)75-91(123(23,24)25)67-71-127(33,34)131)113(105)137-82-135-111(103)97(109(101)133-81-134-110)61-57-85(117(5,6)7)73-89(121(17,18)19)65-69-125(29,30)129;1-3(5)4(6)2-7/h77-80,93-96,129-132H,37-56,81-84H2,1-36H3;3-4,7H,2H2,1H3/t;3-,4+/m.1/s1. The van der Waals surface area contributed by atoms with Crippen molar-refractivity contribution in [3.05, 3.63) is 159 Å². The van der Waals surface area contributed by atoms with Gasteiger partial charge in [0.15, 0.2) is 0 Å². The Kier molecular flexibility index (Phi) is 42.7. The molecular weight excluding hydrogens is 1950 g/mol. The number of halogens is 2. The topological polar surface area (TPSA) is 175 Å². The molecule has 0 aromatic heterocycles. The fraction of sp³-hybridized carbons (Fsp3) is 0.606. The summed E-state index contributed by atoms with van der Waals surface area (Å²) in [6.07, 6.45) is 17.5. The maximum Gasteiger partial charge on any atom is 0.231 e. The van der Waals surface area contributed by atoms with E-state index in [-0.39, 0.29) is 38.6 Å². The van der Waals surface area contributed by atoms with Crippen LogP contribution in [0.3, 0.4) is 0 Å². The summed E-state index contributed by atoms with van der Waals surface area (Å²) in [5, 5.41) is 53.4. The van der Waals surface area contributed by atoms with E-state index in [0.29, 0.717) is 143 Å². The molecule has 0 saturated heterocycles. The smallest absolute Gasteiger partial charge is 0.231 e. The molecule has 0 fully saturated rings. The van der Waals surface area contributed by atoms with E-state index in [1.807, 2.05) is 6.92 Å². The molecule has 4 heterocycles. The molecule has 5 N–H and O–H groups in total. The minimum atomic E-state index is -1.29. The molecule has 147 heavy (non-hydrogen) atoms. The largest absolute Gasteiger partial charge is 0.456 e. The van der Waals surface area contributed by atoms with E-state index in [1.54, 1.807) is 55.4 Å². The van der Waals surface area contributed by atoms with E-state index in [0.717, 1.165) is 147 Å². The van der Waals surface area contributed by atoms with Gasteiger partial charge in [-0.1, -0.05) is 453 Å². The predicted molar refractivity (Wildman–Crippen MR) is 612 cm³/mol. The third-order valence-electron chi connectivity index (χ3n) is 26.1. The summed E-state index contributed by atoms with van der Waals surface area (Å²) in [6, 6.07) is 9.61. The molecule has 2 atom stereocenters. The molecule has 9 rings (SSSR count). The van der Waals surface area contributed by atoms with E-state index in [9.17, 15) is 20.4 Å². The maximum atomic E-state index is 11.2. The molecule has 4 aromatic carbocycles. The van der Waals surface area contributed by atoms with Crippen LogP contribution >= 0.6 is 31.9 Å². The zero-order valence-electron chi connectivity index (χ0n) is 96.7. The summed E-state index contributed by atoms with van der Waals surface area (Å²) in [7, 11) is 0. The third-order valence-corrected chi connectivity index (χ3v) is 28.5. The maximum absolute atomic E-state index is 11.2. The molecular formula is C132H176Br2O13. The number of hydrogen-bond acceptors (Lipinski definition) is 13. The lowest BCUT2D eigenvalue weighted by Gasteiger charge is -2.36. The second kappa shape index (κ2) is 51.1. The van der Waals surface area contributed by atoms with Crippen LogP contribution in [0.2, 0.25) is 0 Å². The van der Waals surface area contributed by atoms with Gasteiger partial charge in [0.2, 0.25) is 27.2 Å². The van der Waals surface area contributed by atoms with Crippen LogP contribution in [-0.4, -0.2) is 91.4 Å². The quantitative estimate of drug-likeness (QED) is 0.0218. The van der Waals surface area contributed by atoms with Crippen molar-refractivity contribution in [2.24, 2.45) is 43.3 Å². The molecule has 8 bridgehead atoms.